The van der Waals surface area contributed by atoms with Gasteiger partial charge in [-0.2, -0.15) is 0 Å². The summed E-state index contributed by atoms with van der Waals surface area (Å²) < 4.78 is 0. The van der Waals surface area contributed by atoms with Crippen LogP contribution in [0, 0.1) is 6.92 Å². The molecule has 0 heterocycles. The molecule has 0 bridgehead atoms. The van der Waals surface area contributed by atoms with E-state index in [-0.39, 0.29) is 0 Å². The Bertz CT molecular complexity index is 351. The largest absolute Gasteiger partial charge is 0.479 e. The third kappa shape index (κ3) is 3.04. The number of rotatable bonds is 4. The van der Waals surface area contributed by atoms with Gasteiger partial charge in [-0.15, -0.1) is 0 Å². The monoisotopic (exact) mass is 209 g/mol. The lowest BCUT2D eigenvalue weighted by atomic mass is 9.98. The molecule has 0 fully saturated rings. The lowest BCUT2D eigenvalue weighted by Gasteiger charge is -2.16. The van der Waals surface area contributed by atoms with Crippen molar-refractivity contribution in [3.8, 4) is 0 Å². The number of hydrogen-bond donors (Lipinski definition) is 3. The summed E-state index contributed by atoms with van der Waals surface area (Å²) >= 11 is 0. The van der Waals surface area contributed by atoms with Crippen LogP contribution in [0.5, 0.6) is 0 Å². The first-order valence-corrected chi connectivity index (χ1v) is 4.73. The fourth-order valence-electron chi connectivity index (χ4n) is 1.39. The molecule has 0 saturated carbocycles. The molecule has 15 heavy (non-hydrogen) atoms. The third-order valence-electron chi connectivity index (χ3n) is 2.38. The summed E-state index contributed by atoms with van der Waals surface area (Å²) in [5.74, 6) is -1.28. The molecule has 4 N–H and O–H groups in total. The van der Waals surface area contributed by atoms with Gasteiger partial charge in [0.15, 0.2) is 6.10 Å². The Balaban J connectivity index is 2.70. The first-order chi connectivity index (χ1) is 7.02. The summed E-state index contributed by atoms with van der Waals surface area (Å²) in [5.41, 5.74) is 7.60. The van der Waals surface area contributed by atoms with Crippen molar-refractivity contribution in [2.24, 2.45) is 5.73 Å². The molecular weight excluding hydrogens is 194 g/mol. The van der Waals surface area contributed by atoms with Gasteiger partial charge >= 0.3 is 5.97 Å². The van der Waals surface area contributed by atoms with Crippen LogP contribution in [0.4, 0.5) is 0 Å². The van der Waals surface area contributed by atoms with Crippen molar-refractivity contribution in [2.45, 2.75) is 25.5 Å². The van der Waals surface area contributed by atoms with E-state index < -0.39 is 18.1 Å². The van der Waals surface area contributed by atoms with E-state index in [0.717, 1.165) is 11.1 Å². The van der Waals surface area contributed by atoms with Crippen LogP contribution in [0.25, 0.3) is 0 Å². The fraction of sp³-hybridized carbons (Fsp3) is 0.364. The quantitative estimate of drug-likeness (QED) is 0.666. The summed E-state index contributed by atoms with van der Waals surface area (Å²) in [4.78, 5) is 10.5. The molecule has 0 aliphatic rings. The molecule has 4 nitrogen and oxygen atoms in total. The zero-order valence-corrected chi connectivity index (χ0v) is 8.55. The third-order valence-corrected chi connectivity index (χ3v) is 2.38. The highest BCUT2D eigenvalue weighted by atomic mass is 16.4. The smallest absolute Gasteiger partial charge is 0.334 e. The van der Waals surface area contributed by atoms with Crippen molar-refractivity contribution in [3.63, 3.8) is 0 Å². The van der Waals surface area contributed by atoms with Gasteiger partial charge in [-0.05, 0) is 24.5 Å². The highest BCUT2D eigenvalue weighted by molar-refractivity contribution is 5.72. The minimum Gasteiger partial charge on any atom is -0.479 e. The number of carbonyl (C=O) groups is 1. The van der Waals surface area contributed by atoms with Crippen LogP contribution >= 0.6 is 0 Å². The Kier molecular flexibility index (Phi) is 3.82. The molecular formula is C11H15NO3. The molecule has 0 radical (unpaired) electrons. The summed E-state index contributed by atoms with van der Waals surface area (Å²) in [6.07, 6.45) is -1.15. The number of aryl methyl sites for hydroxylation is 1. The van der Waals surface area contributed by atoms with E-state index in [2.05, 4.69) is 0 Å². The Labute approximate surface area is 88.3 Å². The normalized spacial score (nSPS) is 14.6. The van der Waals surface area contributed by atoms with Gasteiger partial charge in [-0.1, -0.05) is 24.3 Å². The molecule has 0 amide bonds. The Morgan fingerprint density at radius 1 is 1.47 bits per heavy atom. The first kappa shape index (κ1) is 11.7. The lowest BCUT2D eigenvalue weighted by molar-refractivity contribution is -0.147. The average molecular weight is 209 g/mol. The molecule has 1 aromatic rings. The van der Waals surface area contributed by atoms with Crippen LogP contribution < -0.4 is 5.73 Å². The van der Waals surface area contributed by atoms with Crippen LogP contribution in [-0.4, -0.2) is 28.3 Å². The molecule has 2 unspecified atom stereocenters. The lowest BCUT2D eigenvalue weighted by Crippen LogP contribution is -2.42. The zero-order valence-electron chi connectivity index (χ0n) is 8.55. The van der Waals surface area contributed by atoms with Crippen LogP contribution in [0.3, 0.4) is 0 Å². The molecule has 0 aliphatic carbocycles. The van der Waals surface area contributed by atoms with Gasteiger partial charge in [-0.25, -0.2) is 4.79 Å². The van der Waals surface area contributed by atoms with E-state index in [0.29, 0.717) is 6.42 Å². The molecule has 1 aromatic carbocycles. The maximum atomic E-state index is 10.5. The second-order valence-corrected chi connectivity index (χ2v) is 3.58. The molecule has 0 aliphatic heterocycles. The summed E-state index contributed by atoms with van der Waals surface area (Å²) in [5, 5.41) is 17.8. The Hall–Kier alpha value is -1.39. The average Bonchev–Trinajstić information content (AvgIpc) is 2.20. The second kappa shape index (κ2) is 4.91. The van der Waals surface area contributed by atoms with Crippen LogP contribution in [0.2, 0.25) is 0 Å². The molecule has 2 atom stereocenters. The van der Waals surface area contributed by atoms with E-state index in [1.54, 1.807) is 0 Å². The standard InChI is InChI=1S/C11H15NO3/c1-7-4-2-3-5-8(7)6-9(12)10(13)11(14)15/h2-5,9-10,13H,6,12H2,1H3,(H,14,15). The minimum absolute atomic E-state index is 0.361. The maximum absolute atomic E-state index is 10.5. The summed E-state index contributed by atoms with van der Waals surface area (Å²) in [7, 11) is 0. The predicted octanol–water partition coefficient (Wildman–Crippen LogP) is 0.310. The molecule has 0 aromatic heterocycles. The van der Waals surface area contributed by atoms with Crippen molar-refractivity contribution >= 4 is 5.97 Å². The summed E-state index contributed by atoms with van der Waals surface area (Å²) in [6.45, 7) is 1.93. The van der Waals surface area contributed by atoms with Gasteiger partial charge in [0, 0.05) is 6.04 Å². The van der Waals surface area contributed by atoms with Gasteiger partial charge < -0.3 is 15.9 Å². The van der Waals surface area contributed by atoms with Crippen LogP contribution in [-0.2, 0) is 11.2 Å². The van der Waals surface area contributed by atoms with E-state index in [1.807, 2.05) is 31.2 Å². The molecule has 1 rings (SSSR count). The van der Waals surface area contributed by atoms with E-state index in [9.17, 15) is 9.90 Å². The molecule has 82 valence electrons. The first-order valence-electron chi connectivity index (χ1n) is 4.73. The van der Waals surface area contributed by atoms with Crippen molar-refractivity contribution in [2.75, 3.05) is 0 Å². The highest BCUT2D eigenvalue weighted by Gasteiger charge is 2.22. The van der Waals surface area contributed by atoms with Gasteiger partial charge in [0.2, 0.25) is 0 Å². The Morgan fingerprint density at radius 2 is 2.07 bits per heavy atom. The van der Waals surface area contributed by atoms with Crippen LogP contribution in [0.1, 0.15) is 11.1 Å². The topological polar surface area (TPSA) is 83.5 Å². The number of hydrogen-bond acceptors (Lipinski definition) is 3. The Morgan fingerprint density at radius 3 is 2.60 bits per heavy atom. The van der Waals surface area contributed by atoms with E-state index in [4.69, 9.17) is 10.8 Å². The van der Waals surface area contributed by atoms with E-state index in [1.165, 1.54) is 0 Å². The number of carboxylic acid groups (broad SMARTS) is 1. The number of aliphatic hydroxyl groups is 1. The van der Waals surface area contributed by atoms with Crippen LogP contribution in [0.15, 0.2) is 24.3 Å². The summed E-state index contributed by atoms with van der Waals surface area (Å²) in [6, 6.07) is 6.79. The van der Waals surface area contributed by atoms with Gasteiger partial charge in [0.25, 0.3) is 0 Å². The molecule has 0 spiro atoms. The van der Waals surface area contributed by atoms with E-state index >= 15 is 0 Å². The van der Waals surface area contributed by atoms with Gasteiger partial charge in [-0.3, -0.25) is 0 Å². The fourth-order valence-corrected chi connectivity index (χ4v) is 1.39. The number of aliphatic hydroxyl groups excluding tert-OH is 1. The second-order valence-electron chi connectivity index (χ2n) is 3.58. The zero-order chi connectivity index (χ0) is 11.4. The van der Waals surface area contributed by atoms with Crippen molar-refractivity contribution in [3.05, 3.63) is 35.4 Å². The molecule has 4 heteroatoms. The SMILES string of the molecule is Cc1ccccc1CC(N)C(O)C(=O)O. The number of nitrogens with two attached hydrogens (primary N) is 1. The number of benzene rings is 1. The maximum Gasteiger partial charge on any atom is 0.334 e. The number of aliphatic carboxylic acids is 1. The van der Waals surface area contributed by atoms with Crippen molar-refractivity contribution < 1.29 is 15.0 Å². The minimum atomic E-state index is -1.51. The van der Waals surface area contributed by atoms with Crippen molar-refractivity contribution in [1.82, 2.24) is 0 Å². The highest BCUT2D eigenvalue weighted by Crippen LogP contribution is 2.10. The molecule has 0 saturated heterocycles. The van der Waals surface area contributed by atoms with Gasteiger partial charge in [0.05, 0.1) is 0 Å². The number of carboxylic acids is 1. The van der Waals surface area contributed by atoms with Gasteiger partial charge in [0.1, 0.15) is 0 Å². The predicted molar refractivity (Wildman–Crippen MR) is 56.5 cm³/mol. The van der Waals surface area contributed by atoms with Crippen molar-refractivity contribution in [1.29, 1.82) is 0 Å².